The minimum absolute atomic E-state index is 0.0162. The van der Waals surface area contributed by atoms with Crippen LogP contribution >= 0.6 is 0 Å². The van der Waals surface area contributed by atoms with Crippen LogP contribution in [0, 0.1) is 57.2 Å². The van der Waals surface area contributed by atoms with Crippen LogP contribution < -0.4 is 0 Å². The minimum Gasteiger partial charge on any atom is -0.465 e. The average Bonchev–Trinajstić information content (AvgIpc) is 3.29. The molecule has 40 heavy (non-hydrogen) atoms. The molecule has 0 aromatic rings. The van der Waals surface area contributed by atoms with E-state index >= 15 is 0 Å². The molecule has 4 rings (SSSR count). The molecule has 0 spiro atoms. The van der Waals surface area contributed by atoms with E-state index in [2.05, 4.69) is 48.1 Å². The van der Waals surface area contributed by atoms with Gasteiger partial charge in [0, 0.05) is 19.3 Å². The molecule has 0 bridgehead atoms. The van der Waals surface area contributed by atoms with Gasteiger partial charge < -0.3 is 9.47 Å². The first-order valence-corrected chi connectivity index (χ1v) is 16.7. The lowest BCUT2D eigenvalue weighted by molar-refractivity contribution is -0.228. The Hall–Kier alpha value is -1.32. The quantitative estimate of drug-likeness (QED) is 0.199. The Morgan fingerprint density at radius 3 is 2.23 bits per heavy atom. The van der Waals surface area contributed by atoms with Crippen LogP contribution in [-0.2, 0) is 19.1 Å². The maximum atomic E-state index is 12.0. The largest absolute Gasteiger partial charge is 0.465 e. The molecular formula is C36H60O4. The summed E-state index contributed by atoms with van der Waals surface area (Å²) in [5.41, 5.74) is 2.03. The second-order valence-electron chi connectivity index (χ2n) is 15.5. The monoisotopic (exact) mass is 556 g/mol. The normalized spacial score (nSPS) is 43.1. The van der Waals surface area contributed by atoms with Crippen LogP contribution in [0.3, 0.4) is 0 Å². The third kappa shape index (κ3) is 5.10. The van der Waals surface area contributed by atoms with Gasteiger partial charge in [0.1, 0.15) is 6.61 Å². The third-order valence-corrected chi connectivity index (χ3v) is 13.9. The molecule has 4 fully saturated rings. The smallest absolute Gasteiger partial charge is 0.302 e. The van der Waals surface area contributed by atoms with E-state index in [-0.39, 0.29) is 22.8 Å². The second kappa shape index (κ2) is 11.8. The number of esters is 2. The molecule has 4 aliphatic rings. The number of fused-ring (bicyclic) bond motifs is 5. The van der Waals surface area contributed by atoms with Gasteiger partial charge in [0.05, 0.1) is 6.61 Å². The highest BCUT2D eigenvalue weighted by Gasteiger charge is 2.69. The first-order valence-electron chi connectivity index (χ1n) is 16.7. The lowest BCUT2D eigenvalue weighted by Crippen LogP contribution is -2.64. The summed E-state index contributed by atoms with van der Waals surface area (Å²) in [5, 5.41) is 0. The van der Waals surface area contributed by atoms with Gasteiger partial charge in [0.2, 0.25) is 0 Å². The van der Waals surface area contributed by atoms with Gasteiger partial charge in [0.15, 0.2) is 0 Å². The zero-order chi connectivity index (χ0) is 29.5. The molecule has 4 heteroatoms. The highest BCUT2D eigenvalue weighted by Crippen LogP contribution is 2.76. The topological polar surface area (TPSA) is 52.6 Å². The first-order chi connectivity index (χ1) is 18.8. The summed E-state index contributed by atoms with van der Waals surface area (Å²) in [6.07, 6.45) is 15.0. The Morgan fingerprint density at radius 2 is 1.60 bits per heavy atom. The maximum absolute atomic E-state index is 12.0. The molecule has 228 valence electrons. The second-order valence-corrected chi connectivity index (χ2v) is 15.5. The zero-order valence-corrected chi connectivity index (χ0v) is 27.2. The Bertz CT molecular complexity index is 956. The van der Waals surface area contributed by atoms with Gasteiger partial charge in [-0.15, -0.1) is 0 Å². The lowest BCUT2D eigenvalue weighted by atomic mass is 9.33. The molecule has 0 radical (unpaired) electrons. The highest BCUT2D eigenvalue weighted by atomic mass is 16.5. The van der Waals surface area contributed by atoms with Crippen LogP contribution in [0.2, 0.25) is 0 Å². The van der Waals surface area contributed by atoms with Crippen LogP contribution in [0.25, 0.3) is 0 Å². The van der Waals surface area contributed by atoms with Crippen molar-refractivity contribution in [2.45, 2.75) is 132 Å². The van der Waals surface area contributed by atoms with Gasteiger partial charge in [-0.2, -0.15) is 0 Å². The van der Waals surface area contributed by atoms with Crippen molar-refractivity contribution >= 4 is 11.9 Å². The summed E-state index contributed by atoms with van der Waals surface area (Å²) >= 11 is 0. The average molecular weight is 557 g/mol. The Kier molecular flexibility index (Phi) is 9.29. The van der Waals surface area contributed by atoms with Crippen LogP contribution in [0.4, 0.5) is 0 Å². The van der Waals surface area contributed by atoms with Crippen molar-refractivity contribution in [1.29, 1.82) is 0 Å². The third-order valence-electron chi connectivity index (χ3n) is 13.9. The van der Waals surface area contributed by atoms with E-state index in [1.807, 2.05) is 0 Å². The van der Waals surface area contributed by atoms with Crippen molar-refractivity contribution in [1.82, 2.24) is 0 Å². The molecule has 0 heterocycles. The molecular weight excluding hydrogens is 496 g/mol. The molecule has 0 amide bonds. The van der Waals surface area contributed by atoms with Crippen molar-refractivity contribution in [2.75, 3.05) is 13.2 Å². The van der Waals surface area contributed by atoms with Gasteiger partial charge in [-0.3, -0.25) is 9.59 Å². The number of rotatable bonds is 10. The molecule has 0 aliphatic heterocycles. The van der Waals surface area contributed by atoms with Gasteiger partial charge in [-0.1, -0.05) is 67.4 Å². The summed E-state index contributed by atoms with van der Waals surface area (Å²) < 4.78 is 11.3. The van der Waals surface area contributed by atoms with E-state index < -0.39 is 0 Å². The van der Waals surface area contributed by atoms with Gasteiger partial charge >= 0.3 is 11.9 Å². The van der Waals surface area contributed by atoms with Crippen molar-refractivity contribution < 1.29 is 19.1 Å². The predicted molar refractivity (Wildman–Crippen MR) is 163 cm³/mol. The molecule has 0 aromatic heterocycles. The van der Waals surface area contributed by atoms with Gasteiger partial charge in [0.25, 0.3) is 0 Å². The lowest BCUT2D eigenvalue weighted by Gasteiger charge is -2.71. The van der Waals surface area contributed by atoms with E-state index in [0.717, 1.165) is 42.6 Å². The molecule has 0 aromatic carbocycles. The number of carbonyl (C=O) groups is 2. The van der Waals surface area contributed by atoms with Crippen LogP contribution in [0.15, 0.2) is 12.2 Å². The summed E-state index contributed by atoms with van der Waals surface area (Å²) in [6.45, 7) is 23.7. The Morgan fingerprint density at radius 1 is 0.900 bits per heavy atom. The number of carbonyl (C=O) groups excluding carboxylic acids is 2. The predicted octanol–water partition coefficient (Wildman–Crippen LogP) is 9.17. The van der Waals surface area contributed by atoms with Crippen molar-refractivity contribution in [3.8, 4) is 0 Å². The molecule has 10 atom stereocenters. The van der Waals surface area contributed by atoms with Crippen LogP contribution in [-0.4, -0.2) is 25.2 Å². The Labute approximate surface area is 245 Å². The summed E-state index contributed by atoms with van der Waals surface area (Å²) in [7, 11) is 0. The summed E-state index contributed by atoms with van der Waals surface area (Å²) in [6, 6.07) is 0. The van der Waals surface area contributed by atoms with E-state index in [4.69, 9.17) is 9.47 Å². The molecule has 10 unspecified atom stereocenters. The fraction of sp³-hybridized carbons (Fsp3) is 0.889. The number of hydrogen-bond donors (Lipinski definition) is 0. The molecule has 0 N–H and O–H groups in total. The van der Waals surface area contributed by atoms with E-state index in [1.165, 1.54) is 64.7 Å². The SMILES string of the molecule is C=C(COC(C)=O)C1CCC2(COC(C)=O)CCC3(C)C(CCC4C(C)(CCCC)C(C(C)CC)CCC43C)C12. The molecule has 4 saturated carbocycles. The standard InChI is InChI=1S/C36H60O4/c1-10-12-17-33(7)29(24(3)11-2)16-18-35(9)31(33)14-13-30-32-28(25(4)22-39-26(5)37)15-19-36(32,23-40-27(6)38)21-20-34(30,35)8/h24,28-32H,4,10-23H2,1-3,5-9H3. The fourth-order valence-electron chi connectivity index (χ4n) is 11.5. The van der Waals surface area contributed by atoms with Crippen LogP contribution in [0.5, 0.6) is 0 Å². The number of hydrogen-bond acceptors (Lipinski definition) is 4. The number of ether oxygens (including phenoxy) is 2. The maximum Gasteiger partial charge on any atom is 0.302 e. The fourth-order valence-corrected chi connectivity index (χ4v) is 11.5. The van der Waals surface area contributed by atoms with E-state index in [0.29, 0.717) is 41.8 Å². The van der Waals surface area contributed by atoms with Crippen LogP contribution in [0.1, 0.15) is 132 Å². The first kappa shape index (κ1) is 31.6. The van der Waals surface area contributed by atoms with E-state index in [9.17, 15) is 9.59 Å². The highest BCUT2D eigenvalue weighted by molar-refractivity contribution is 5.66. The molecule has 4 aliphatic carbocycles. The van der Waals surface area contributed by atoms with Gasteiger partial charge in [-0.25, -0.2) is 0 Å². The van der Waals surface area contributed by atoms with Crippen molar-refractivity contribution in [3.05, 3.63) is 12.2 Å². The van der Waals surface area contributed by atoms with E-state index in [1.54, 1.807) is 6.92 Å². The number of unbranched alkanes of at least 4 members (excludes halogenated alkanes) is 1. The van der Waals surface area contributed by atoms with Gasteiger partial charge in [-0.05, 0) is 115 Å². The summed E-state index contributed by atoms with van der Waals surface area (Å²) in [5.74, 6) is 3.27. The Balaban J connectivity index is 1.73. The molecule has 4 nitrogen and oxygen atoms in total. The zero-order valence-electron chi connectivity index (χ0n) is 27.2. The molecule has 0 saturated heterocycles. The summed E-state index contributed by atoms with van der Waals surface area (Å²) in [4.78, 5) is 23.7. The minimum atomic E-state index is -0.240. The van der Waals surface area contributed by atoms with Crippen molar-refractivity contribution in [2.24, 2.45) is 57.2 Å². The van der Waals surface area contributed by atoms with Crippen molar-refractivity contribution in [3.63, 3.8) is 0 Å².